The molecule has 1 aromatic carbocycles. The van der Waals surface area contributed by atoms with Gasteiger partial charge in [-0.2, -0.15) is 0 Å². The predicted octanol–water partition coefficient (Wildman–Crippen LogP) is 3.11. The average molecular weight is 459 g/mol. The molecule has 2 aromatic heterocycles. The molecular weight excluding hydrogens is 432 g/mol. The first-order valence-corrected chi connectivity index (χ1v) is 10.9. The van der Waals surface area contributed by atoms with Gasteiger partial charge in [-0.05, 0) is 45.5 Å². The van der Waals surface area contributed by atoms with Crippen molar-refractivity contribution in [1.82, 2.24) is 14.9 Å². The van der Waals surface area contributed by atoms with Crippen molar-refractivity contribution in [2.75, 3.05) is 32.6 Å². The zero-order valence-electron chi connectivity index (χ0n) is 18.6. The summed E-state index contributed by atoms with van der Waals surface area (Å²) in [5.41, 5.74) is 0.863. The van der Waals surface area contributed by atoms with Crippen LogP contribution < -0.4 is 15.6 Å². The second-order valence-corrected chi connectivity index (χ2v) is 8.28. The maximum Gasteiger partial charge on any atom is 0.348 e. The SMILES string of the molecule is CCOC(=O)c1sc2nc(C(C)N(C)CC(=O)Nc3cccc(OC)c3)[nH]c(=O)c2c1C. The van der Waals surface area contributed by atoms with Crippen molar-refractivity contribution in [3.8, 4) is 5.75 Å². The van der Waals surface area contributed by atoms with Crippen molar-refractivity contribution in [1.29, 1.82) is 0 Å². The van der Waals surface area contributed by atoms with Crippen LogP contribution in [0.5, 0.6) is 5.75 Å². The van der Waals surface area contributed by atoms with Gasteiger partial charge in [-0.25, -0.2) is 9.78 Å². The normalized spacial score (nSPS) is 12.1. The first-order valence-electron chi connectivity index (χ1n) is 10.1. The standard InChI is InChI=1S/C22H26N4O5S/c1-6-31-22(29)18-12(2)17-20(28)24-19(25-21(17)32-18)13(3)26(4)11-16(27)23-14-8-7-9-15(10-14)30-5/h7-10,13H,6,11H2,1-5H3,(H,23,27)(H,24,25,28). The van der Waals surface area contributed by atoms with Gasteiger partial charge in [0.2, 0.25) is 5.91 Å². The molecule has 2 N–H and O–H groups in total. The van der Waals surface area contributed by atoms with Crippen molar-refractivity contribution in [3.63, 3.8) is 0 Å². The first-order chi connectivity index (χ1) is 15.2. The molecule has 0 fully saturated rings. The summed E-state index contributed by atoms with van der Waals surface area (Å²) in [5, 5.41) is 3.21. The Hall–Kier alpha value is -3.24. The van der Waals surface area contributed by atoms with E-state index in [1.165, 1.54) is 0 Å². The minimum absolute atomic E-state index is 0.0810. The van der Waals surface area contributed by atoms with Crippen molar-refractivity contribution in [3.05, 3.63) is 50.9 Å². The molecule has 10 heteroatoms. The van der Waals surface area contributed by atoms with Gasteiger partial charge < -0.3 is 19.8 Å². The van der Waals surface area contributed by atoms with Gasteiger partial charge in [-0.15, -0.1) is 11.3 Å². The predicted molar refractivity (Wildman–Crippen MR) is 124 cm³/mol. The summed E-state index contributed by atoms with van der Waals surface area (Å²) in [4.78, 5) is 47.3. The topological polar surface area (TPSA) is 114 Å². The van der Waals surface area contributed by atoms with Crippen molar-refractivity contribution < 1.29 is 19.1 Å². The maximum absolute atomic E-state index is 12.7. The number of likely N-dealkylation sites (N-methyl/N-ethyl adjacent to an activating group) is 1. The van der Waals surface area contributed by atoms with Gasteiger partial charge in [0.15, 0.2) is 0 Å². The summed E-state index contributed by atoms with van der Waals surface area (Å²) >= 11 is 1.13. The summed E-state index contributed by atoms with van der Waals surface area (Å²) in [5.74, 6) is 0.379. The molecule has 2 heterocycles. The van der Waals surface area contributed by atoms with Crippen LogP contribution in [0, 0.1) is 6.92 Å². The van der Waals surface area contributed by atoms with Gasteiger partial charge in [-0.1, -0.05) is 6.07 Å². The molecule has 0 saturated carbocycles. The molecule has 0 aliphatic carbocycles. The summed E-state index contributed by atoms with van der Waals surface area (Å²) < 4.78 is 10.2. The van der Waals surface area contributed by atoms with Crippen molar-refractivity contribution >= 4 is 39.1 Å². The van der Waals surface area contributed by atoms with Crippen LogP contribution in [-0.4, -0.2) is 54.1 Å². The molecule has 3 aromatic rings. The molecule has 1 unspecified atom stereocenters. The lowest BCUT2D eigenvalue weighted by atomic mass is 10.2. The van der Waals surface area contributed by atoms with E-state index in [0.29, 0.717) is 37.9 Å². The average Bonchev–Trinajstić information content (AvgIpc) is 3.10. The summed E-state index contributed by atoms with van der Waals surface area (Å²) in [6.45, 7) is 5.61. The smallest absolute Gasteiger partial charge is 0.348 e. The van der Waals surface area contributed by atoms with E-state index >= 15 is 0 Å². The highest BCUT2D eigenvalue weighted by molar-refractivity contribution is 7.20. The fourth-order valence-corrected chi connectivity index (χ4v) is 4.31. The molecule has 0 bridgehead atoms. The third kappa shape index (κ3) is 4.97. The zero-order chi connectivity index (χ0) is 23.4. The number of aromatic amines is 1. The van der Waals surface area contributed by atoms with E-state index in [-0.39, 0.29) is 30.7 Å². The molecule has 0 radical (unpaired) electrons. The van der Waals surface area contributed by atoms with Gasteiger partial charge in [0.25, 0.3) is 5.56 Å². The largest absolute Gasteiger partial charge is 0.497 e. The number of nitrogens with one attached hydrogen (secondary N) is 2. The number of carbonyl (C=O) groups is 2. The fraction of sp³-hybridized carbons (Fsp3) is 0.364. The fourth-order valence-electron chi connectivity index (χ4n) is 3.22. The summed E-state index contributed by atoms with van der Waals surface area (Å²) in [6, 6.07) is 6.74. The Kier molecular flexibility index (Phi) is 7.26. The molecule has 9 nitrogen and oxygen atoms in total. The first kappa shape index (κ1) is 23.4. The lowest BCUT2D eigenvalue weighted by molar-refractivity contribution is -0.117. The number of aryl methyl sites for hydroxylation is 1. The van der Waals surface area contributed by atoms with Crippen LogP contribution in [0.1, 0.15) is 40.9 Å². The number of aromatic nitrogens is 2. The van der Waals surface area contributed by atoms with E-state index in [2.05, 4.69) is 15.3 Å². The number of methoxy groups -OCH3 is 1. The van der Waals surface area contributed by atoms with Crippen LogP contribution in [0.25, 0.3) is 10.2 Å². The van der Waals surface area contributed by atoms with Gasteiger partial charge in [0.1, 0.15) is 21.3 Å². The van der Waals surface area contributed by atoms with E-state index in [4.69, 9.17) is 9.47 Å². The number of benzene rings is 1. The second kappa shape index (κ2) is 9.92. The van der Waals surface area contributed by atoms with Crippen LogP contribution in [0.4, 0.5) is 5.69 Å². The highest BCUT2D eigenvalue weighted by Crippen LogP contribution is 2.28. The van der Waals surface area contributed by atoms with E-state index in [9.17, 15) is 14.4 Å². The molecule has 0 aliphatic heterocycles. The van der Waals surface area contributed by atoms with Crippen LogP contribution in [0.3, 0.4) is 0 Å². The number of amides is 1. The lowest BCUT2D eigenvalue weighted by Gasteiger charge is -2.23. The molecule has 1 atom stereocenters. The van der Waals surface area contributed by atoms with Crippen LogP contribution in [-0.2, 0) is 9.53 Å². The van der Waals surface area contributed by atoms with Gasteiger partial charge in [-0.3, -0.25) is 14.5 Å². The number of H-pyrrole nitrogens is 1. The van der Waals surface area contributed by atoms with Crippen LogP contribution >= 0.6 is 11.3 Å². The Morgan fingerprint density at radius 2 is 2.09 bits per heavy atom. The molecule has 170 valence electrons. The van der Waals surface area contributed by atoms with Crippen LogP contribution in [0.2, 0.25) is 0 Å². The number of fused-ring (bicyclic) bond motifs is 1. The quantitative estimate of drug-likeness (QED) is 0.499. The second-order valence-electron chi connectivity index (χ2n) is 7.28. The highest BCUT2D eigenvalue weighted by atomic mass is 32.1. The molecular formula is C22H26N4O5S. The molecule has 0 saturated heterocycles. The molecule has 32 heavy (non-hydrogen) atoms. The Labute approximate surface area is 189 Å². The van der Waals surface area contributed by atoms with E-state index < -0.39 is 5.97 Å². The third-order valence-electron chi connectivity index (χ3n) is 5.08. The number of ether oxygens (including phenoxy) is 2. The van der Waals surface area contributed by atoms with Gasteiger partial charge in [0, 0.05) is 11.8 Å². The lowest BCUT2D eigenvalue weighted by Crippen LogP contribution is -2.33. The third-order valence-corrected chi connectivity index (χ3v) is 6.25. The summed E-state index contributed by atoms with van der Waals surface area (Å²) in [6.07, 6.45) is 0. The minimum Gasteiger partial charge on any atom is -0.497 e. The Morgan fingerprint density at radius 1 is 1.34 bits per heavy atom. The van der Waals surface area contributed by atoms with Gasteiger partial charge >= 0.3 is 5.97 Å². The molecule has 1 amide bonds. The number of rotatable bonds is 8. The van der Waals surface area contributed by atoms with Crippen molar-refractivity contribution in [2.45, 2.75) is 26.8 Å². The number of carbonyl (C=O) groups excluding carboxylic acids is 2. The van der Waals surface area contributed by atoms with E-state index in [0.717, 1.165) is 11.3 Å². The van der Waals surface area contributed by atoms with E-state index in [1.807, 2.05) is 6.92 Å². The minimum atomic E-state index is -0.465. The Bertz CT molecular complexity index is 1200. The highest BCUT2D eigenvalue weighted by Gasteiger charge is 2.23. The van der Waals surface area contributed by atoms with Crippen molar-refractivity contribution in [2.24, 2.45) is 0 Å². The maximum atomic E-state index is 12.7. The molecule has 0 spiro atoms. The molecule has 0 aliphatic rings. The van der Waals surface area contributed by atoms with Crippen LogP contribution in [0.15, 0.2) is 29.1 Å². The number of esters is 1. The number of hydrogen-bond acceptors (Lipinski definition) is 8. The monoisotopic (exact) mass is 458 g/mol. The number of nitrogens with zero attached hydrogens (tertiary/aromatic N) is 2. The Balaban J connectivity index is 1.77. The van der Waals surface area contributed by atoms with E-state index in [1.54, 1.807) is 57.2 Å². The number of hydrogen-bond donors (Lipinski definition) is 2. The number of thiophene rings is 1. The van der Waals surface area contributed by atoms with Gasteiger partial charge in [0.05, 0.1) is 31.7 Å². The summed E-state index contributed by atoms with van der Waals surface area (Å²) in [7, 11) is 3.33. The molecule has 3 rings (SSSR count). The number of anilines is 1. The Morgan fingerprint density at radius 3 is 2.78 bits per heavy atom. The zero-order valence-corrected chi connectivity index (χ0v) is 19.5.